The van der Waals surface area contributed by atoms with Crippen molar-refractivity contribution in [3.8, 4) is 0 Å². The Balaban J connectivity index is 2.38. The molecule has 2 aromatic rings. The Morgan fingerprint density at radius 3 is 2.70 bits per heavy atom. The summed E-state index contributed by atoms with van der Waals surface area (Å²) < 4.78 is 1.73. The van der Waals surface area contributed by atoms with Crippen molar-refractivity contribution in [1.29, 1.82) is 0 Å². The zero-order valence-electron chi connectivity index (χ0n) is 12.1. The molecule has 0 bridgehead atoms. The van der Waals surface area contributed by atoms with Crippen LogP contribution in [0.4, 0.5) is 11.4 Å². The molecule has 0 saturated carbocycles. The lowest BCUT2D eigenvalue weighted by Crippen LogP contribution is -2.32. The van der Waals surface area contributed by atoms with Crippen LogP contribution >= 0.6 is 0 Å². The third-order valence-electron chi connectivity index (χ3n) is 3.16. The first-order valence-electron chi connectivity index (χ1n) is 6.78. The predicted octanol–water partition coefficient (Wildman–Crippen LogP) is 2.46. The van der Waals surface area contributed by atoms with Crippen LogP contribution in [0.1, 0.15) is 30.0 Å². The Bertz CT molecular complexity index is 618. The van der Waals surface area contributed by atoms with Crippen LogP contribution in [0.5, 0.6) is 0 Å². The number of carbonyl (C=O) groups excluding carboxylic acids is 1. The lowest BCUT2D eigenvalue weighted by molar-refractivity contribution is 0.0978. The maximum absolute atomic E-state index is 12.7. The second-order valence-electron chi connectivity index (χ2n) is 4.63. The predicted molar refractivity (Wildman–Crippen MR) is 80.8 cm³/mol. The van der Waals surface area contributed by atoms with E-state index in [0.29, 0.717) is 24.5 Å². The number of hydrogen-bond acceptors (Lipinski definition) is 3. The molecule has 20 heavy (non-hydrogen) atoms. The van der Waals surface area contributed by atoms with Crippen molar-refractivity contribution in [2.75, 3.05) is 17.2 Å². The molecule has 0 unspecified atom stereocenters. The standard InChI is InChI=1S/C15H20N4O/c1-4-18(13-8-6-7-12(16)10-13)15(20)14-9-11(3)17-19(14)5-2/h6-10H,4-5,16H2,1-3H3. The molecule has 0 aliphatic carbocycles. The summed E-state index contributed by atoms with van der Waals surface area (Å²) in [5.41, 5.74) is 8.70. The number of hydrogen-bond donors (Lipinski definition) is 1. The average Bonchev–Trinajstić information content (AvgIpc) is 2.81. The van der Waals surface area contributed by atoms with Gasteiger partial charge < -0.3 is 10.6 Å². The van der Waals surface area contributed by atoms with Gasteiger partial charge in [-0.25, -0.2) is 0 Å². The molecule has 0 saturated heterocycles. The van der Waals surface area contributed by atoms with Gasteiger partial charge in [-0.15, -0.1) is 0 Å². The van der Waals surface area contributed by atoms with Crippen LogP contribution in [0.25, 0.3) is 0 Å². The summed E-state index contributed by atoms with van der Waals surface area (Å²) >= 11 is 0. The summed E-state index contributed by atoms with van der Waals surface area (Å²) in [6, 6.07) is 9.17. The first-order valence-corrected chi connectivity index (χ1v) is 6.78. The molecule has 0 aliphatic heterocycles. The highest BCUT2D eigenvalue weighted by Crippen LogP contribution is 2.20. The molecule has 0 fully saturated rings. The average molecular weight is 272 g/mol. The largest absolute Gasteiger partial charge is 0.399 e. The second-order valence-corrected chi connectivity index (χ2v) is 4.63. The SMILES string of the molecule is CCN(C(=O)c1cc(C)nn1CC)c1cccc(N)c1. The van der Waals surface area contributed by atoms with Gasteiger partial charge in [0.05, 0.1) is 5.69 Å². The van der Waals surface area contributed by atoms with Gasteiger partial charge in [-0.1, -0.05) is 6.07 Å². The van der Waals surface area contributed by atoms with E-state index in [0.717, 1.165) is 11.4 Å². The lowest BCUT2D eigenvalue weighted by Gasteiger charge is -2.21. The molecular weight excluding hydrogens is 252 g/mol. The van der Waals surface area contributed by atoms with E-state index in [2.05, 4.69) is 5.10 Å². The van der Waals surface area contributed by atoms with Gasteiger partial charge in [0.15, 0.2) is 0 Å². The van der Waals surface area contributed by atoms with Gasteiger partial charge in [-0.2, -0.15) is 5.10 Å². The molecule has 1 amide bonds. The van der Waals surface area contributed by atoms with E-state index >= 15 is 0 Å². The molecule has 1 aromatic carbocycles. The van der Waals surface area contributed by atoms with Crippen LogP contribution in [-0.2, 0) is 6.54 Å². The number of carbonyl (C=O) groups is 1. The van der Waals surface area contributed by atoms with Crippen molar-refractivity contribution >= 4 is 17.3 Å². The zero-order valence-corrected chi connectivity index (χ0v) is 12.1. The van der Waals surface area contributed by atoms with Crippen LogP contribution in [0.3, 0.4) is 0 Å². The molecule has 1 heterocycles. The first-order chi connectivity index (χ1) is 9.56. The Labute approximate surface area is 119 Å². The topological polar surface area (TPSA) is 64.2 Å². The van der Waals surface area contributed by atoms with Crippen LogP contribution in [0.15, 0.2) is 30.3 Å². The van der Waals surface area contributed by atoms with Crippen molar-refractivity contribution in [2.24, 2.45) is 0 Å². The maximum atomic E-state index is 12.7. The minimum absolute atomic E-state index is 0.0550. The van der Waals surface area contributed by atoms with Crippen molar-refractivity contribution in [2.45, 2.75) is 27.3 Å². The van der Waals surface area contributed by atoms with Gasteiger partial charge >= 0.3 is 0 Å². The number of nitrogen functional groups attached to an aromatic ring is 1. The minimum Gasteiger partial charge on any atom is -0.399 e. The van der Waals surface area contributed by atoms with Gasteiger partial charge in [-0.05, 0) is 45.0 Å². The monoisotopic (exact) mass is 272 g/mol. The van der Waals surface area contributed by atoms with Crippen LogP contribution in [0, 0.1) is 6.92 Å². The Morgan fingerprint density at radius 2 is 2.10 bits per heavy atom. The summed E-state index contributed by atoms with van der Waals surface area (Å²) in [7, 11) is 0. The van der Waals surface area contributed by atoms with E-state index in [1.165, 1.54) is 0 Å². The van der Waals surface area contributed by atoms with Gasteiger partial charge in [0, 0.05) is 24.5 Å². The van der Waals surface area contributed by atoms with E-state index in [-0.39, 0.29) is 5.91 Å². The molecule has 0 radical (unpaired) electrons. The van der Waals surface area contributed by atoms with Crippen molar-refractivity contribution in [3.05, 3.63) is 41.7 Å². The van der Waals surface area contributed by atoms with E-state index in [1.807, 2.05) is 45.0 Å². The highest BCUT2D eigenvalue weighted by atomic mass is 16.2. The molecule has 2 rings (SSSR count). The van der Waals surface area contributed by atoms with Crippen molar-refractivity contribution in [1.82, 2.24) is 9.78 Å². The number of amides is 1. The zero-order chi connectivity index (χ0) is 14.7. The molecule has 106 valence electrons. The summed E-state index contributed by atoms with van der Waals surface area (Å²) in [6.45, 7) is 7.06. The van der Waals surface area contributed by atoms with Gasteiger partial charge in [0.25, 0.3) is 5.91 Å². The van der Waals surface area contributed by atoms with Gasteiger partial charge in [0.2, 0.25) is 0 Å². The minimum atomic E-state index is -0.0550. The van der Waals surface area contributed by atoms with Crippen LogP contribution in [-0.4, -0.2) is 22.2 Å². The van der Waals surface area contributed by atoms with E-state index in [9.17, 15) is 4.79 Å². The van der Waals surface area contributed by atoms with E-state index < -0.39 is 0 Å². The molecule has 2 N–H and O–H groups in total. The van der Waals surface area contributed by atoms with Gasteiger partial charge in [-0.3, -0.25) is 9.48 Å². The Hall–Kier alpha value is -2.30. The van der Waals surface area contributed by atoms with E-state index in [4.69, 9.17) is 5.73 Å². The third kappa shape index (κ3) is 2.66. The quantitative estimate of drug-likeness (QED) is 0.869. The molecule has 0 spiro atoms. The normalized spacial score (nSPS) is 10.6. The molecule has 5 heteroatoms. The second kappa shape index (κ2) is 5.77. The summed E-state index contributed by atoms with van der Waals surface area (Å²) in [4.78, 5) is 14.4. The number of nitrogens with two attached hydrogens (primary N) is 1. The number of rotatable bonds is 4. The highest BCUT2D eigenvalue weighted by molar-refractivity contribution is 6.05. The Morgan fingerprint density at radius 1 is 1.35 bits per heavy atom. The fourth-order valence-electron chi connectivity index (χ4n) is 2.23. The Kier molecular flexibility index (Phi) is 4.08. The van der Waals surface area contributed by atoms with E-state index in [1.54, 1.807) is 15.6 Å². The maximum Gasteiger partial charge on any atom is 0.276 e. The number of nitrogens with zero attached hydrogens (tertiary/aromatic N) is 3. The summed E-state index contributed by atoms with van der Waals surface area (Å²) in [5, 5.41) is 4.32. The molecule has 1 aromatic heterocycles. The van der Waals surface area contributed by atoms with Crippen LogP contribution < -0.4 is 10.6 Å². The number of aromatic nitrogens is 2. The number of aryl methyl sites for hydroxylation is 2. The highest BCUT2D eigenvalue weighted by Gasteiger charge is 2.20. The summed E-state index contributed by atoms with van der Waals surface area (Å²) in [6.07, 6.45) is 0. The van der Waals surface area contributed by atoms with Crippen molar-refractivity contribution in [3.63, 3.8) is 0 Å². The molecular formula is C15H20N4O. The molecule has 0 aliphatic rings. The molecule has 0 atom stereocenters. The first kappa shape index (κ1) is 14.1. The fourth-order valence-corrected chi connectivity index (χ4v) is 2.23. The van der Waals surface area contributed by atoms with Gasteiger partial charge in [0.1, 0.15) is 5.69 Å². The smallest absolute Gasteiger partial charge is 0.276 e. The lowest BCUT2D eigenvalue weighted by atomic mass is 10.2. The fraction of sp³-hybridized carbons (Fsp3) is 0.333. The third-order valence-corrected chi connectivity index (χ3v) is 3.16. The number of anilines is 2. The van der Waals surface area contributed by atoms with Crippen molar-refractivity contribution < 1.29 is 4.79 Å². The number of benzene rings is 1. The molecule has 5 nitrogen and oxygen atoms in total. The summed E-state index contributed by atoms with van der Waals surface area (Å²) in [5.74, 6) is -0.0550. The van der Waals surface area contributed by atoms with Crippen LogP contribution in [0.2, 0.25) is 0 Å².